The molecule has 2 heterocycles. The van der Waals surface area contributed by atoms with Crippen LogP contribution < -0.4 is 5.32 Å². The monoisotopic (exact) mass is 408 g/mol. The number of para-hydroxylation sites is 1. The van der Waals surface area contributed by atoms with E-state index < -0.39 is 0 Å². The molecule has 0 fully saturated rings. The van der Waals surface area contributed by atoms with Gasteiger partial charge in [-0.05, 0) is 31.9 Å². The smallest absolute Gasteiger partial charge is 0.236 e. The SMILES string of the molecule is Cc1nc(SCC(=O)Nc2c(C#N)cnn2-c2ccccc2)n(CC(C)C)c1C. The number of thioether (sulfide) groups is 1. The van der Waals surface area contributed by atoms with Crippen LogP contribution in [0.3, 0.4) is 0 Å². The van der Waals surface area contributed by atoms with E-state index >= 15 is 0 Å². The summed E-state index contributed by atoms with van der Waals surface area (Å²) in [6.45, 7) is 9.20. The molecule has 0 saturated heterocycles. The molecule has 1 N–H and O–H groups in total. The van der Waals surface area contributed by atoms with Gasteiger partial charge in [-0.1, -0.05) is 43.8 Å². The summed E-state index contributed by atoms with van der Waals surface area (Å²) in [5, 5.41) is 17.3. The molecule has 0 aliphatic heterocycles. The maximum atomic E-state index is 12.6. The Bertz CT molecular complexity index is 1050. The molecule has 3 rings (SSSR count). The summed E-state index contributed by atoms with van der Waals surface area (Å²) in [5.74, 6) is 0.841. The molecule has 0 atom stereocenters. The maximum Gasteiger partial charge on any atom is 0.236 e. The van der Waals surface area contributed by atoms with Crippen LogP contribution in [0.4, 0.5) is 5.82 Å². The fourth-order valence-corrected chi connectivity index (χ4v) is 3.83. The van der Waals surface area contributed by atoms with Crippen LogP contribution in [0.15, 0.2) is 41.7 Å². The summed E-state index contributed by atoms with van der Waals surface area (Å²) in [5.41, 5.74) is 3.19. The van der Waals surface area contributed by atoms with E-state index in [-0.39, 0.29) is 11.7 Å². The van der Waals surface area contributed by atoms with Gasteiger partial charge in [-0.2, -0.15) is 10.4 Å². The Morgan fingerprint density at radius 3 is 2.66 bits per heavy atom. The molecule has 7 nitrogen and oxygen atoms in total. The molecule has 0 aliphatic carbocycles. The average molecular weight is 409 g/mol. The standard InChI is InChI=1S/C21H24N6OS/c1-14(2)12-26-16(4)15(3)24-21(26)29-13-19(28)25-20-17(10-22)11-23-27(20)18-8-6-5-7-9-18/h5-9,11,14H,12-13H2,1-4H3,(H,25,28). The Labute approximate surface area is 174 Å². The number of benzene rings is 1. The highest BCUT2D eigenvalue weighted by Crippen LogP contribution is 2.24. The first-order valence-corrected chi connectivity index (χ1v) is 10.4. The van der Waals surface area contributed by atoms with Gasteiger partial charge in [0.25, 0.3) is 0 Å². The number of aryl methyl sites for hydroxylation is 1. The molecule has 1 aromatic carbocycles. The fraction of sp³-hybridized carbons (Fsp3) is 0.333. The Kier molecular flexibility index (Phi) is 6.39. The molecule has 29 heavy (non-hydrogen) atoms. The molecule has 3 aromatic rings. The number of rotatable bonds is 7. The Morgan fingerprint density at radius 1 is 1.28 bits per heavy atom. The highest BCUT2D eigenvalue weighted by Gasteiger charge is 2.17. The molecule has 0 unspecified atom stereocenters. The maximum absolute atomic E-state index is 12.6. The van der Waals surface area contributed by atoms with E-state index in [0.29, 0.717) is 17.3 Å². The average Bonchev–Trinajstić information content (AvgIpc) is 3.22. The van der Waals surface area contributed by atoms with Crippen LogP contribution >= 0.6 is 11.8 Å². The van der Waals surface area contributed by atoms with Crippen molar-refractivity contribution in [2.24, 2.45) is 5.92 Å². The van der Waals surface area contributed by atoms with Crippen molar-refractivity contribution in [1.82, 2.24) is 19.3 Å². The molecule has 0 spiro atoms. The Hall–Kier alpha value is -3.05. The van der Waals surface area contributed by atoms with Gasteiger partial charge in [0, 0.05) is 12.2 Å². The van der Waals surface area contributed by atoms with Crippen LogP contribution in [0.1, 0.15) is 30.8 Å². The van der Waals surface area contributed by atoms with E-state index in [9.17, 15) is 10.1 Å². The van der Waals surface area contributed by atoms with E-state index in [1.54, 1.807) is 4.68 Å². The van der Waals surface area contributed by atoms with Crippen molar-refractivity contribution in [3.05, 3.63) is 53.5 Å². The van der Waals surface area contributed by atoms with Crippen molar-refractivity contribution >= 4 is 23.5 Å². The number of nitriles is 1. The summed E-state index contributed by atoms with van der Waals surface area (Å²) in [4.78, 5) is 17.2. The fourth-order valence-electron chi connectivity index (χ4n) is 2.93. The molecule has 0 saturated carbocycles. The molecule has 0 radical (unpaired) electrons. The Balaban J connectivity index is 1.75. The first-order valence-electron chi connectivity index (χ1n) is 9.40. The number of nitrogens with zero attached hydrogens (tertiary/aromatic N) is 5. The van der Waals surface area contributed by atoms with Crippen LogP contribution in [0.2, 0.25) is 0 Å². The second kappa shape index (κ2) is 8.97. The van der Waals surface area contributed by atoms with Crippen LogP contribution in [0.5, 0.6) is 0 Å². The lowest BCUT2D eigenvalue weighted by molar-refractivity contribution is -0.113. The van der Waals surface area contributed by atoms with Crippen LogP contribution in [-0.2, 0) is 11.3 Å². The minimum atomic E-state index is -0.210. The number of amides is 1. The van der Waals surface area contributed by atoms with Gasteiger partial charge in [-0.15, -0.1) is 0 Å². The van der Waals surface area contributed by atoms with Gasteiger partial charge in [0.05, 0.1) is 23.3 Å². The number of hydrogen-bond acceptors (Lipinski definition) is 5. The molecule has 1 amide bonds. The lowest BCUT2D eigenvalue weighted by Gasteiger charge is -2.12. The van der Waals surface area contributed by atoms with Crippen LogP contribution in [0.25, 0.3) is 5.69 Å². The van der Waals surface area contributed by atoms with Gasteiger partial charge < -0.3 is 9.88 Å². The third-order valence-electron chi connectivity index (χ3n) is 4.45. The van der Waals surface area contributed by atoms with Crippen molar-refractivity contribution in [3.8, 4) is 11.8 Å². The molecular formula is C21H24N6OS. The summed E-state index contributed by atoms with van der Waals surface area (Å²) < 4.78 is 3.72. The lowest BCUT2D eigenvalue weighted by atomic mass is 10.2. The number of hydrogen-bond donors (Lipinski definition) is 1. The van der Waals surface area contributed by atoms with E-state index in [4.69, 9.17) is 0 Å². The van der Waals surface area contributed by atoms with E-state index in [1.807, 2.05) is 44.2 Å². The second-order valence-electron chi connectivity index (χ2n) is 7.17. The highest BCUT2D eigenvalue weighted by molar-refractivity contribution is 7.99. The number of carbonyl (C=O) groups excluding carboxylic acids is 1. The largest absolute Gasteiger partial charge is 0.323 e. The quantitative estimate of drug-likeness (QED) is 0.598. The topological polar surface area (TPSA) is 88.5 Å². The van der Waals surface area contributed by atoms with Crippen molar-refractivity contribution in [1.29, 1.82) is 5.26 Å². The molecule has 0 bridgehead atoms. The van der Waals surface area contributed by atoms with Crippen molar-refractivity contribution in [2.45, 2.75) is 39.4 Å². The van der Waals surface area contributed by atoms with Gasteiger partial charge in [0.15, 0.2) is 11.0 Å². The number of nitrogens with one attached hydrogen (secondary N) is 1. The van der Waals surface area contributed by atoms with E-state index in [2.05, 4.69) is 39.9 Å². The summed E-state index contributed by atoms with van der Waals surface area (Å²) in [6.07, 6.45) is 1.46. The van der Waals surface area contributed by atoms with E-state index in [1.165, 1.54) is 18.0 Å². The zero-order valence-electron chi connectivity index (χ0n) is 17.0. The minimum Gasteiger partial charge on any atom is -0.323 e. The van der Waals surface area contributed by atoms with Gasteiger partial charge in [-0.25, -0.2) is 9.67 Å². The number of anilines is 1. The number of imidazole rings is 1. The summed E-state index contributed by atoms with van der Waals surface area (Å²) >= 11 is 1.40. The van der Waals surface area contributed by atoms with Crippen LogP contribution in [0, 0.1) is 31.1 Å². The van der Waals surface area contributed by atoms with Gasteiger partial charge in [0.1, 0.15) is 11.6 Å². The zero-order chi connectivity index (χ0) is 21.0. The molecular weight excluding hydrogens is 384 g/mol. The normalized spacial score (nSPS) is 10.9. The lowest BCUT2D eigenvalue weighted by Crippen LogP contribution is -2.18. The van der Waals surface area contributed by atoms with E-state index in [0.717, 1.165) is 28.8 Å². The third kappa shape index (κ3) is 4.69. The summed E-state index contributed by atoms with van der Waals surface area (Å²) in [7, 11) is 0. The number of aromatic nitrogens is 4. The first-order chi connectivity index (χ1) is 13.9. The van der Waals surface area contributed by atoms with Gasteiger partial charge in [0.2, 0.25) is 5.91 Å². The summed E-state index contributed by atoms with van der Waals surface area (Å²) in [6, 6.07) is 11.5. The first kappa shape index (κ1) is 20.7. The van der Waals surface area contributed by atoms with Gasteiger partial charge in [-0.3, -0.25) is 4.79 Å². The van der Waals surface area contributed by atoms with Gasteiger partial charge >= 0.3 is 0 Å². The highest BCUT2D eigenvalue weighted by atomic mass is 32.2. The van der Waals surface area contributed by atoms with Crippen molar-refractivity contribution in [3.63, 3.8) is 0 Å². The predicted molar refractivity (Wildman–Crippen MR) is 114 cm³/mol. The van der Waals surface area contributed by atoms with Crippen molar-refractivity contribution < 1.29 is 4.79 Å². The van der Waals surface area contributed by atoms with Crippen LogP contribution in [-0.4, -0.2) is 31.0 Å². The third-order valence-corrected chi connectivity index (χ3v) is 5.43. The molecule has 0 aliphatic rings. The Morgan fingerprint density at radius 2 is 2.00 bits per heavy atom. The predicted octanol–water partition coefficient (Wildman–Crippen LogP) is 3.94. The molecule has 2 aromatic heterocycles. The van der Waals surface area contributed by atoms with Crippen molar-refractivity contribution in [2.75, 3.05) is 11.1 Å². The molecule has 150 valence electrons. The minimum absolute atomic E-state index is 0.193. The number of carbonyl (C=O) groups is 1. The second-order valence-corrected chi connectivity index (χ2v) is 8.12. The zero-order valence-corrected chi connectivity index (χ0v) is 17.8. The molecule has 8 heteroatoms.